The van der Waals surface area contributed by atoms with E-state index in [0.29, 0.717) is 23.0 Å². The minimum Gasteiger partial charge on any atom is -0.352 e. The zero-order chi connectivity index (χ0) is 18.7. The van der Waals surface area contributed by atoms with E-state index in [9.17, 15) is 9.18 Å². The molecule has 0 saturated heterocycles. The van der Waals surface area contributed by atoms with Gasteiger partial charge in [0.1, 0.15) is 11.6 Å². The minimum absolute atomic E-state index is 0.124. The van der Waals surface area contributed by atoms with E-state index in [-0.39, 0.29) is 24.7 Å². The molecule has 0 bridgehead atoms. The predicted octanol–water partition coefficient (Wildman–Crippen LogP) is 3.76. The lowest BCUT2D eigenvalue weighted by Crippen LogP contribution is -2.24. The molecular weight excluding hydrogens is 351 g/mol. The first kappa shape index (κ1) is 18.3. The summed E-state index contributed by atoms with van der Waals surface area (Å²) in [6.45, 7) is 6.25. The fourth-order valence-electron chi connectivity index (χ4n) is 2.58. The van der Waals surface area contributed by atoms with Crippen LogP contribution in [-0.4, -0.2) is 20.4 Å². The molecule has 1 N–H and O–H groups in total. The number of hydrogen-bond donors (Lipinski definition) is 1. The third-order valence-corrected chi connectivity index (χ3v) is 5.19. The molecule has 5 nitrogen and oxygen atoms in total. The highest BCUT2D eigenvalue weighted by Crippen LogP contribution is 2.19. The Kier molecular flexibility index (Phi) is 5.46. The first-order valence-electron chi connectivity index (χ1n) is 8.43. The monoisotopic (exact) mass is 372 g/mol. The molecule has 7 heteroatoms. The van der Waals surface area contributed by atoms with E-state index >= 15 is 0 Å². The number of hydrogen-bond acceptors (Lipinski definition) is 4. The van der Waals surface area contributed by atoms with Crippen LogP contribution in [0.15, 0.2) is 36.0 Å². The number of imidazole rings is 1. The van der Waals surface area contributed by atoms with Crippen molar-refractivity contribution in [3.63, 3.8) is 0 Å². The van der Waals surface area contributed by atoms with Crippen molar-refractivity contribution in [2.75, 3.05) is 0 Å². The molecule has 0 saturated carbocycles. The Morgan fingerprint density at radius 3 is 2.81 bits per heavy atom. The van der Waals surface area contributed by atoms with Crippen molar-refractivity contribution in [1.29, 1.82) is 0 Å². The number of aryl methyl sites for hydroxylation is 1. The molecule has 0 aliphatic carbocycles. The molecule has 0 spiro atoms. The molecule has 26 heavy (non-hydrogen) atoms. The van der Waals surface area contributed by atoms with Crippen LogP contribution in [-0.2, 0) is 17.8 Å². The molecule has 0 aliphatic heterocycles. The van der Waals surface area contributed by atoms with Crippen LogP contribution < -0.4 is 5.32 Å². The summed E-state index contributed by atoms with van der Waals surface area (Å²) in [5, 5.41) is 5.76. The Labute approximate surface area is 155 Å². The molecule has 0 unspecified atom stereocenters. The smallest absolute Gasteiger partial charge is 0.226 e. The Morgan fingerprint density at radius 2 is 2.19 bits per heavy atom. The fraction of sp³-hybridized carbons (Fsp3) is 0.316. The molecule has 2 aromatic heterocycles. The highest BCUT2D eigenvalue weighted by atomic mass is 32.1. The van der Waals surface area contributed by atoms with Crippen molar-refractivity contribution < 1.29 is 9.18 Å². The lowest BCUT2D eigenvalue weighted by molar-refractivity contribution is -0.120. The Bertz CT molecular complexity index is 916. The topological polar surface area (TPSA) is 59.8 Å². The maximum atomic E-state index is 14.4. The van der Waals surface area contributed by atoms with Gasteiger partial charge in [0.05, 0.1) is 22.8 Å². The summed E-state index contributed by atoms with van der Waals surface area (Å²) in [7, 11) is 0. The van der Waals surface area contributed by atoms with Gasteiger partial charge in [-0.3, -0.25) is 4.79 Å². The minimum atomic E-state index is -0.348. The summed E-state index contributed by atoms with van der Waals surface area (Å²) in [6.07, 6.45) is 3.58. The van der Waals surface area contributed by atoms with E-state index in [1.54, 1.807) is 40.4 Å². The van der Waals surface area contributed by atoms with Gasteiger partial charge in [0.25, 0.3) is 0 Å². The number of thiazole rings is 1. The van der Waals surface area contributed by atoms with Crippen molar-refractivity contribution in [3.8, 4) is 5.69 Å². The third kappa shape index (κ3) is 4.16. The van der Waals surface area contributed by atoms with Crippen LogP contribution in [0.3, 0.4) is 0 Å². The van der Waals surface area contributed by atoms with Crippen molar-refractivity contribution in [2.45, 2.75) is 39.7 Å². The van der Waals surface area contributed by atoms with Crippen LogP contribution in [0.25, 0.3) is 5.69 Å². The molecule has 0 fully saturated rings. The zero-order valence-corrected chi connectivity index (χ0v) is 15.8. The van der Waals surface area contributed by atoms with Crippen LogP contribution >= 0.6 is 11.3 Å². The standard InChI is InChI=1S/C19H21FN4OS/c1-12(2)19-23-15(11-26-19)9-18(25)22-10-14-4-5-17(16(20)8-14)24-7-6-21-13(24)3/h4-8,11-12H,9-10H2,1-3H3,(H,22,25). The van der Waals surface area contributed by atoms with Gasteiger partial charge in [0, 0.05) is 30.2 Å². The average Bonchev–Trinajstić information content (AvgIpc) is 3.22. The lowest BCUT2D eigenvalue weighted by atomic mass is 10.2. The Hall–Kier alpha value is -2.54. The Balaban J connectivity index is 1.60. The molecule has 1 aromatic carbocycles. The fourth-order valence-corrected chi connectivity index (χ4v) is 3.42. The van der Waals surface area contributed by atoms with E-state index in [2.05, 4.69) is 29.1 Å². The van der Waals surface area contributed by atoms with E-state index in [1.807, 2.05) is 12.3 Å². The molecule has 3 rings (SSSR count). The normalized spacial score (nSPS) is 11.1. The van der Waals surface area contributed by atoms with Crippen LogP contribution in [0.4, 0.5) is 4.39 Å². The second kappa shape index (κ2) is 7.78. The van der Waals surface area contributed by atoms with E-state index in [4.69, 9.17) is 0 Å². The van der Waals surface area contributed by atoms with Crippen LogP contribution in [0.1, 0.15) is 41.9 Å². The summed E-state index contributed by atoms with van der Waals surface area (Å²) < 4.78 is 16.1. The van der Waals surface area contributed by atoms with E-state index in [0.717, 1.165) is 10.7 Å². The van der Waals surface area contributed by atoms with Gasteiger partial charge in [0.15, 0.2) is 0 Å². The molecule has 136 valence electrons. The summed E-state index contributed by atoms with van der Waals surface area (Å²) in [6, 6.07) is 4.94. The number of nitrogens with one attached hydrogen (secondary N) is 1. The Morgan fingerprint density at radius 1 is 1.38 bits per heavy atom. The highest BCUT2D eigenvalue weighted by molar-refractivity contribution is 7.09. The lowest BCUT2D eigenvalue weighted by Gasteiger charge is -2.09. The van der Waals surface area contributed by atoms with Crippen molar-refractivity contribution >= 4 is 17.2 Å². The third-order valence-electron chi connectivity index (χ3n) is 3.99. The van der Waals surface area contributed by atoms with Gasteiger partial charge in [-0.1, -0.05) is 19.9 Å². The number of amides is 1. The van der Waals surface area contributed by atoms with Crippen LogP contribution in [0, 0.1) is 12.7 Å². The summed E-state index contributed by atoms with van der Waals surface area (Å²) in [5.74, 6) is 0.603. The largest absolute Gasteiger partial charge is 0.352 e. The van der Waals surface area contributed by atoms with Gasteiger partial charge >= 0.3 is 0 Å². The number of benzene rings is 1. The highest BCUT2D eigenvalue weighted by Gasteiger charge is 2.11. The van der Waals surface area contributed by atoms with Crippen molar-refractivity contribution in [2.24, 2.45) is 0 Å². The number of carbonyl (C=O) groups excluding carboxylic acids is 1. The molecule has 1 amide bonds. The second-order valence-electron chi connectivity index (χ2n) is 6.42. The molecular formula is C19H21FN4OS. The summed E-state index contributed by atoms with van der Waals surface area (Å²) in [4.78, 5) is 20.7. The first-order valence-corrected chi connectivity index (χ1v) is 9.31. The van der Waals surface area contributed by atoms with Gasteiger partial charge in [-0.05, 0) is 24.6 Å². The molecule has 3 aromatic rings. The van der Waals surface area contributed by atoms with Crippen LogP contribution in [0.2, 0.25) is 0 Å². The number of aromatic nitrogens is 3. The maximum absolute atomic E-state index is 14.4. The quantitative estimate of drug-likeness (QED) is 0.717. The SMILES string of the molecule is Cc1nccn1-c1ccc(CNC(=O)Cc2csc(C(C)C)n2)cc1F. The summed E-state index contributed by atoms with van der Waals surface area (Å²) in [5.41, 5.74) is 1.92. The van der Waals surface area contributed by atoms with Gasteiger partial charge in [0.2, 0.25) is 5.91 Å². The molecule has 2 heterocycles. The van der Waals surface area contributed by atoms with Crippen LogP contribution in [0.5, 0.6) is 0 Å². The van der Waals surface area contributed by atoms with E-state index < -0.39 is 0 Å². The maximum Gasteiger partial charge on any atom is 0.226 e. The second-order valence-corrected chi connectivity index (χ2v) is 7.31. The number of halogens is 1. The van der Waals surface area contributed by atoms with Crippen molar-refractivity contribution in [1.82, 2.24) is 19.9 Å². The van der Waals surface area contributed by atoms with Crippen molar-refractivity contribution in [3.05, 3.63) is 63.9 Å². The number of rotatable bonds is 6. The summed E-state index contributed by atoms with van der Waals surface area (Å²) >= 11 is 1.57. The molecule has 0 atom stereocenters. The van der Waals surface area contributed by atoms with Gasteiger partial charge < -0.3 is 9.88 Å². The number of carbonyl (C=O) groups is 1. The van der Waals surface area contributed by atoms with E-state index in [1.165, 1.54) is 6.07 Å². The van der Waals surface area contributed by atoms with Gasteiger partial charge in [-0.15, -0.1) is 11.3 Å². The van der Waals surface area contributed by atoms with Gasteiger partial charge in [-0.25, -0.2) is 14.4 Å². The molecule has 0 radical (unpaired) electrons. The first-order chi connectivity index (χ1) is 12.4. The van der Waals surface area contributed by atoms with Gasteiger partial charge in [-0.2, -0.15) is 0 Å². The predicted molar refractivity (Wildman–Crippen MR) is 100 cm³/mol. The number of nitrogens with zero attached hydrogens (tertiary/aromatic N) is 3. The molecule has 0 aliphatic rings. The average molecular weight is 372 g/mol. The zero-order valence-electron chi connectivity index (χ0n) is 15.0.